The minimum Gasteiger partial charge on any atom is -0.479 e. The molecule has 3 aliphatic heterocycles. The number of rotatable bonds is 11. The highest BCUT2D eigenvalue weighted by atomic mass is 16.8. The molecule has 0 bridgehead atoms. The van der Waals surface area contributed by atoms with Crippen molar-refractivity contribution in [1.29, 1.82) is 0 Å². The summed E-state index contributed by atoms with van der Waals surface area (Å²) in [5.74, 6) is -2.76. The molecule has 8 rings (SSSR count). The third kappa shape index (κ3) is 9.32. The summed E-state index contributed by atoms with van der Waals surface area (Å²) in [6.45, 7) is 18.6. The van der Waals surface area contributed by atoms with E-state index in [-0.39, 0.29) is 40.6 Å². The zero-order chi connectivity index (χ0) is 53.9. The molecule has 21 heteroatoms. The smallest absolute Gasteiger partial charge is 0.335 e. The summed E-state index contributed by atoms with van der Waals surface area (Å²) in [4.78, 5) is 38.0. The van der Waals surface area contributed by atoms with Gasteiger partial charge in [-0.3, -0.25) is 9.59 Å². The van der Waals surface area contributed by atoms with E-state index in [4.69, 9.17) is 37.9 Å². The van der Waals surface area contributed by atoms with Gasteiger partial charge in [-0.2, -0.15) is 0 Å². The first-order valence-electron chi connectivity index (χ1n) is 26.1. The fraction of sp³-hybridized carbons (Fsp3) is 0.904. The van der Waals surface area contributed by atoms with Crippen LogP contribution in [0.15, 0.2) is 11.6 Å². The van der Waals surface area contributed by atoms with E-state index >= 15 is 0 Å². The fourth-order valence-corrected chi connectivity index (χ4v) is 15.9. The number of aliphatic hydroxyl groups excluding tert-OH is 9. The second-order valence-electron chi connectivity index (χ2n) is 24.9. The number of carboxylic acids is 1. The Kier molecular flexibility index (Phi) is 15.6. The lowest BCUT2D eigenvalue weighted by Crippen LogP contribution is -2.70. The largest absolute Gasteiger partial charge is 0.479 e. The van der Waals surface area contributed by atoms with Crippen LogP contribution in [0.5, 0.6) is 0 Å². The molecule has 21 nitrogen and oxygen atoms in total. The summed E-state index contributed by atoms with van der Waals surface area (Å²) in [6.07, 6.45) is -21.8. The van der Waals surface area contributed by atoms with Crippen molar-refractivity contribution in [2.45, 2.75) is 231 Å². The topological polar surface area (TPSA) is 327 Å². The molecule has 0 radical (unpaired) electrons. The molecule has 0 aromatic heterocycles. The molecular formula is C52H82O21. The monoisotopic (exact) mass is 1040 g/mol. The highest BCUT2D eigenvalue weighted by molar-refractivity contribution is 5.73. The quantitative estimate of drug-likeness (QED) is 0.0778. The van der Waals surface area contributed by atoms with Crippen LogP contribution in [0.25, 0.3) is 0 Å². The molecule has 0 aromatic rings. The Balaban J connectivity index is 1.12. The van der Waals surface area contributed by atoms with Crippen LogP contribution in [-0.2, 0) is 52.3 Å². The molecule has 5 aliphatic carbocycles. The van der Waals surface area contributed by atoms with E-state index in [1.54, 1.807) is 0 Å². The van der Waals surface area contributed by atoms with E-state index in [1.807, 2.05) is 0 Å². The summed E-state index contributed by atoms with van der Waals surface area (Å²) in [5, 5.41) is 110. The number of ether oxygens (including phenoxy) is 8. The normalized spacial score (nSPS) is 51.2. The maximum absolute atomic E-state index is 12.9. The van der Waals surface area contributed by atoms with Crippen molar-refractivity contribution in [1.82, 2.24) is 0 Å². The molecule has 73 heavy (non-hydrogen) atoms. The van der Waals surface area contributed by atoms with Gasteiger partial charge >= 0.3 is 17.9 Å². The van der Waals surface area contributed by atoms with Gasteiger partial charge in [0.05, 0.1) is 30.3 Å². The van der Waals surface area contributed by atoms with Crippen LogP contribution in [0.1, 0.15) is 121 Å². The van der Waals surface area contributed by atoms with Crippen molar-refractivity contribution in [3.8, 4) is 0 Å². The van der Waals surface area contributed by atoms with Crippen molar-refractivity contribution in [3.05, 3.63) is 11.6 Å². The molecule has 0 unspecified atom stereocenters. The van der Waals surface area contributed by atoms with E-state index in [0.29, 0.717) is 38.5 Å². The highest BCUT2D eigenvalue weighted by Crippen LogP contribution is 2.76. The first-order valence-corrected chi connectivity index (χ1v) is 26.1. The van der Waals surface area contributed by atoms with Crippen molar-refractivity contribution >= 4 is 17.9 Å². The second kappa shape index (κ2) is 20.1. The van der Waals surface area contributed by atoms with Crippen LogP contribution in [0.4, 0.5) is 0 Å². The van der Waals surface area contributed by atoms with Gasteiger partial charge in [0.15, 0.2) is 25.0 Å². The van der Waals surface area contributed by atoms with Gasteiger partial charge in [0.2, 0.25) is 0 Å². The maximum Gasteiger partial charge on any atom is 0.335 e. The summed E-state index contributed by atoms with van der Waals surface area (Å²) < 4.78 is 48.6. The number of hydrogen-bond acceptors (Lipinski definition) is 20. The molecule has 7 fully saturated rings. The minimum atomic E-state index is -2.09. The Hall–Kier alpha value is -2.45. The van der Waals surface area contributed by atoms with Crippen LogP contribution in [0.2, 0.25) is 0 Å². The molecule has 0 spiro atoms. The predicted octanol–water partition coefficient (Wildman–Crippen LogP) is 0.817. The number of aliphatic carboxylic acids is 1. The van der Waals surface area contributed by atoms with Gasteiger partial charge in [0.1, 0.15) is 73.8 Å². The number of carboxylic acid groups (broad SMARTS) is 1. The number of esters is 2. The standard InChI is InChI=1S/C52H82O21/c1-22-33(57)35(59)37(61)44(67-22)71-40-39(63)41(43(64)65)72-46(42(40)73-45-38(62)36(60)34(58)27(20-53)69-45)70-31-14-15-49(8)28(48(31,6)7)13-16-50(9)29(49)12-11-25-26-17-47(4,5)19-32(68-24(3)55)52(26,21-66-23(2)54)30(56)18-51(25,50)10/h11,22,26-42,44-46,53,56-63H,12-21H2,1-10H3,(H,64,65)/t22-,26-,27+,28-,29+,30-,31-,32-,33-,34+,35+,36-,37+,38+,39-,40-,41-,42+,44-,45-,46+,49-,50+,51+,52-/m0/s1. The molecule has 3 heterocycles. The average Bonchev–Trinajstić information content (AvgIpc) is 3.29. The Morgan fingerprint density at radius 1 is 0.671 bits per heavy atom. The zero-order valence-corrected chi connectivity index (χ0v) is 43.7. The number of carbonyl (C=O) groups is 3. The lowest BCUT2D eigenvalue weighted by Gasteiger charge is -2.72. The van der Waals surface area contributed by atoms with Crippen LogP contribution < -0.4 is 0 Å². The minimum absolute atomic E-state index is 0.0181. The van der Waals surface area contributed by atoms with Gasteiger partial charge in [0.25, 0.3) is 0 Å². The van der Waals surface area contributed by atoms with Gasteiger partial charge < -0.3 is 89.0 Å². The van der Waals surface area contributed by atoms with Crippen molar-refractivity contribution in [2.24, 2.45) is 50.2 Å². The van der Waals surface area contributed by atoms with Crippen LogP contribution >= 0.6 is 0 Å². The van der Waals surface area contributed by atoms with Crippen LogP contribution in [-0.4, -0.2) is 193 Å². The van der Waals surface area contributed by atoms with Gasteiger partial charge in [0, 0.05) is 13.8 Å². The third-order valence-electron chi connectivity index (χ3n) is 19.9. The predicted molar refractivity (Wildman–Crippen MR) is 251 cm³/mol. The molecule has 0 aromatic carbocycles. The second-order valence-corrected chi connectivity index (χ2v) is 24.9. The summed E-state index contributed by atoms with van der Waals surface area (Å²) in [5.41, 5.74) is -2.02. The molecule has 416 valence electrons. The van der Waals surface area contributed by atoms with Crippen LogP contribution in [0, 0.1) is 50.2 Å². The number of allylic oxidation sites excluding steroid dienone is 2. The van der Waals surface area contributed by atoms with Gasteiger partial charge in [-0.15, -0.1) is 0 Å². The maximum atomic E-state index is 12.9. The lowest BCUT2D eigenvalue weighted by atomic mass is 9.33. The van der Waals surface area contributed by atoms with Gasteiger partial charge in [-0.1, -0.05) is 60.1 Å². The molecule has 4 saturated carbocycles. The first-order chi connectivity index (χ1) is 33.9. The van der Waals surface area contributed by atoms with E-state index in [0.717, 1.165) is 12.8 Å². The lowest BCUT2D eigenvalue weighted by molar-refractivity contribution is -0.395. The number of hydrogen-bond donors (Lipinski definition) is 10. The van der Waals surface area contributed by atoms with Crippen molar-refractivity contribution in [2.75, 3.05) is 13.2 Å². The van der Waals surface area contributed by atoms with E-state index in [2.05, 4.69) is 54.5 Å². The summed E-state index contributed by atoms with van der Waals surface area (Å²) in [7, 11) is 0. The Bertz CT molecular complexity index is 2080. The molecule has 10 N–H and O–H groups in total. The summed E-state index contributed by atoms with van der Waals surface area (Å²) >= 11 is 0. The fourth-order valence-electron chi connectivity index (χ4n) is 15.9. The van der Waals surface area contributed by atoms with Crippen molar-refractivity contribution in [3.63, 3.8) is 0 Å². The number of carbonyl (C=O) groups excluding carboxylic acids is 2. The van der Waals surface area contributed by atoms with Gasteiger partial charge in [-0.25, -0.2) is 4.79 Å². The molecule has 8 aliphatic rings. The Morgan fingerprint density at radius 2 is 1.30 bits per heavy atom. The molecule has 0 amide bonds. The van der Waals surface area contributed by atoms with E-state index in [1.165, 1.54) is 26.3 Å². The Labute approximate surface area is 426 Å². The summed E-state index contributed by atoms with van der Waals surface area (Å²) in [6, 6.07) is 0. The van der Waals surface area contributed by atoms with E-state index < -0.39 is 151 Å². The SMILES string of the molecule is CC(=O)OC[C@]12[C@@H](OC(C)=O)CC(C)(C)C[C@H]1C1=CC[C@@H]3[C@@]4(C)CC[C@H](O[C@@H]5O[C@H](C(=O)O)[C@@H](O)[C@H](O[C@@H]6O[C@@H](C)[C@H](O)[C@@H](O)[C@H]6O)[C@H]5O[C@@H]5O[C@H](CO)[C@@H](O)[C@H](O)[C@H]5O)C(C)(C)[C@@H]4CC[C@@]3(C)[C@]1(C)C[C@@H]2O. The molecular weight excluding hydrogens is 961 g/mol. The first kappa shape index (κ1) is 56.7. The average molecular weight is 1040 g/mol. The molecule has 25 atom stereocenters. The highest BCUT2D eigenvalue weighted by Gasteiger charge is 2.72. The van der Waals surface area contributed by atoms with Crippen LogP contribution in [0.3, 0.4) is 0 Å². The van der Waals surface area contributed by atoms with Crippen molar-refractivity contribution < 1.29 is 103 Å². The van der Waals surface area contributed by atoms with Gasteiger partial charge in [-0.05, 0) is 103 Å². The number of fused-ring (bicyclic) bond motifs is 7. The molecule has 3 saturated heterocycles. The third-order valence-corrected chi connectivity index (χ3v) is 19.9. The Morgan fingerprint density at radius 3 is 1.92 bits per heavy atom. The number of aliphatic hydroxyl groups is 9. The van der Waals surface area contributed by atoms with E-state index in [9.17, 15) is 65.4 Å². The zero-order valence-electron chi connectivity index (χ0n) is 43.7.